The third-order valence-electron chi connectivity index (χ3n) is 4.84. The normalized spacial score (nSPS) is 16.0. The molecule has 0 spiro atoms. The summed E-state index contributed by atoms with van der Waals surface area (Å²) < 4.78 is 10.5. The number of carbonyl (C=O) groups excluding carboxylic acids is 1. The van der Waals surface area contributed by atoms with Gasteiger partial charge in [-0.15, -0.1) is 0 Å². The minimum absolute atomic E-state index is 0.0266. The van der Waals surface area contributed by atoms with Crippen LogP contribution in [0.1, 0.15) is 11.1 Å². The molecule has 2 aromatic rings. The van der Waals surface area contributed by atoms with Crippen molar-refractivity contribution in [2.45, 2.75) is 12.8 Å². The number of methoxy groups -OCH3 is 2. The fourth-order valence-corrected chi connectivity index (χ4v) is 3.55. The number of ether oxygens (including phenoxy) is 2. The lowest BCUT2D eigenvalue weighted by molar-refractivity contribution is -0.120. The second-order valence-corrected chi connectivity index (χ2v) is 6.75. The van der Waals surface area contributed by atoms with Crippen LogP contribution in [-0.2, 0) is 17.6 Å². The zero-order valence-electron chi connectivity index (χ0n) is 15.6. The summed E-state index contributed by atoms with van der Waals surface area (Å²) >= 11 is 0. The topological polar surface area (TPSA) is 50.8 Å². The first-order chi connectivity index (χ1) is 12.6. The molecule has 0 saturated carbocycles. The fourth-order valence-electron chi connectivity index (χ4n) is 3.55. The van der Waals surface area contributed by atoms with E-state index in [-0.39, 0.29) is 5.91 Å². The second-order valence-electron chi connectivity index (χ2n) is 6.75. The molecule has 1 aliphatic rings. The Morgan fingerprint density at radius 3 is 2.69 bits per heavy atom. The SMILES string of the molecule is COc1ccc(CC(=O)NCC2Cc3ccccc3N(C)C2)cc1OC. The molecule has 1 heterocycles. The summed E-state index contributed by atoms with van der Waals surface area (Å²) in [6.45, 7) is 1.64. The number of hydrogen-bond donors (Lipinski definition) is 1. The largest absolute Gasteiger partial charge is 0.493 e. The third kappa shape index (κ3) is 4.10. The highest BCUT2D eigenvalue weighted by Crippen LogP contribution is 2.29. The van der Waals surface area contributed by atoms with Gasteiger partial charge >= 0.3 is 0 Å². The van der Waals surface area contributed by atoms with E-state index in [1.807, 2.05) is 18.2 Å². The maximum Gasteiger partial charge on any atom is 0.224 e. The molecule has 0 aromatic heterocycles. The Morgan fingerprint density at radius 2 is 1.92 bits per heavy atom. The Morgan fingerprint density at radius 1 is 1.15 bits per heavy atom. The number of anilines is 1. The second kappa shape index (κ2) is 8.13. The standard InChI is InChI=1S/C21H26N2O3/c1-23-14-16(10-17-6-4-5-7-18(17)23)13-22-21(24)12-15-8-9-19(25-2)20(11-15)26-3/h4-9,11,16H,10,12-14H2,1-3H3,(H,22,24). The van der Waals surface area contributed by atoms with Gasteiger partial charge in [0.2, 0.25) is 5.91 Å². The zero-order chi connectivity index (χ0) is 18.5. The Kier molecular flexibility index (Phi) is 5.66. The average Bonchev–Trinajstić information content (AvgIpc) is 2.66. The van der Waals surface area contributed by atoms with E-state index in [9.17, 15) is 4.79 Å². The lowest BCUT2D eigenvalue weighted by atomic mass is 9.92. The van der Waals surface area contributed by atoms with Crippen LogP contribution in [0.5, 0.6) is 11.5 Å². The molecule has 1 unspecified atom stereocenters. The maximum absolute atomic E-state index is 12.3. The summed E-state index contributed by atoms with van der Waals surface area (Å²) in [6, 6.07) is 14.0. The third-order valence-corrected chi connectivity index (χ3v) is 4.84. The van der Waals surface area contributed by atoms with Gasteiger partial charge in [-0.25, -0.2) is 0 Å². The summed E-state index contributed by atoms with van der Waals surface area (Å²) in [4.78, 5) is 14.6. The zero-order valence-corrected chi connectivity index (χ0v) is 15.6. The summed E-state index contributed by atoms with van der Waals surface area (Å²) in [6.07, 6.45) is 1.33. The Labute approximate surface area is 154 Å². The molecule has 5 heteroatoms. The number of nitrogens with one attached hydrogen (secondary N) is 1. The van der Waals surface area contributed by atoms with Gasteiger partial charge in [-0.3, -0.25) is 4.79 Å². The lowest BCUT2D eigenvalue weighted by Gasteiger charge is -2.33. The van der Waals surface area contributed by atoms with Crippen LogP contribution in [0, 0.1) is 5.92 Å². The summed E-state index contributed by atoms with van der Waals surface area (Å²) in [5, 5.41) is 3.08. The van der Waals surface area contributed by atoms with Crippen molar-refractivity contribution in [3.8, 4) is 11.5 Å². The number of rotatable bonds is 6. The van der Waals surface area contributed by atoms with E-state index in [0.29, 0.717) is 30.4 Å². The first kappa shape index (κ1) is 18.1. The van der Waals surface area contributed by atoms with Crippen molar-refractivity contribution < 1.29 is 14.3 Å². The molecule has 2 aromatic carbocycles. The lowest BCUT2D eigenvalue weighted by Crippen LogP contribution is -2.39. The highest BCUT2D eigenvalue weighted by Gasteiger charge is 2.22. The maximum atomic E-state index is 12.3. The van der Waals surface area contributed by atoms with Gasteiger partial charge in [0.25, 0.3) is 0 Å². The molecule has 1 atom stereocenters. The van der Waals surface area contributed by atoms with Crippen molar-refractivity contribution in [3.63, 3.8) is 0 Å². The first-order valence-electron chi connectivity index (χ1n) is 8.87. The predicted molar refractivity (Wildman–Crippen MR) is 103 cm³/mol. The van der Waals surface area contributed by atoms with Crippen LogP contribution in [0.15, 0.2) is 42.5 Å². The van der Waals surface area contributed by atoms with Gasteiger partial charge in [0.15, 0.2) is 11.5 Å². The molecule has 0 fully saturated rings. The molecular formula is C21H26N2O3. The Balaban J connectivity index is 1.55. The van der Waals surface area contributed by atoms with Gasteiger partial charge < -0.3 is 19.7 Å². The summed E-state index contributed by atoms with van der Waals surface area (Å²) in [5.74, 6) is 1.76. The van der Waals surface area contributed by atoms with E-state index in [2.05, 4.69) is 41.5 Å². The predicted octanol–water partition coefficient (Wildman–Crippen LogP) is 2.67. The molecule has 5 nitrogen and oxygen atoms in total. The number of carbonyl (C=O) groups is 1. The molecule has 1 amide bonds. The number of amides is 1. The van der Waals surface area contributed by atoms with E-state index in [1.54, 1.807) is 14.2 Å². The molecular weight excluding hydrogens is 328 g/mol. The molecule has 0 saturated heterocycles. The minimum atomic E-state index is 0.0266. The number of benzene rings is 2. The quantitative estimate of drug-likeness (QED) is 0.867. The average molecular weight is 354 g/mol. The first-order valence-corrected chi connectivity index (χ1v) is 8.87. The smallest absolute Gasteiger partial charge is 0.224 e. The van der Waals surface area contributed by atoms with Crippen LogP contribution < -0.4 is 19.7 Å². The Hall–Kier alpha value is -2.69. The van der Waals surface area contributed by atoms with E-state index in [0.717, 1.165) is 18.5 Å². The summed E-state index contributed by atoms with van der Waals surface area (Å²) in [7, 11) is 5.30. The number of fused-ring (bicyclic) bond motifs is 1. The van der Waals surface area contributed by atoms with E-state index >= 15 is 0 Å². The van der Waals surface area contributed by atoms with E-state index in [1.165, 1.54) is 11.3 Å². The van der Waals surface area contributed by atoms with Crippen molar-refractivity contribution in [2.24, 2.45) is 5.92 Å². The van der Waals surface area contributed by atoms with Gasteiger partial charge in [-0.2, -0.15) is 0 Å². The monoisotopic (exact) mass is 354 g/mol. The molecule has 1 aliphatic heterocycles. The van der Waals surface area contributed by atoms with E-state index in [4.69, 9.17) is 9.47 Å². The molecule has 26 heavy (non-hydrogen) atoms. The van der Waals surface area contributed by atoms with Crippen molar-refractivity contribution in [2.75, 3.05) is 39.3 Å². The van der Waals surface area contributed by atoms with Crippen molar-refractivity contribution >= 4 is 11.6 Å². The number of hydrogen-bond acceptors (Lipinski definition) is 4. The van der Waals surface area contributed by atoms with Crippen LogP contribution in [0.4, 0.5) is 5.69 Å². The van der Waals surface area contributed by atoms with Gasteiger partial charge in [0.1, 0.15) is 0 Å². The molecule has 1 N–H and O–H groups in total. The molecule has 138 valence electrons. The fraction of sp³-hybridized carbons (Fsp3) is 0.381. The van der Waals surface area contributed by atoms with Crippen LogP contribution in [0.2, 0.25) is 0 Å². The number of nitrogens with zero attached hydrogens (tertiary/aromatic N) is 1. The highest BCUT2D eigenvalue weighted by atomic mass is 16.5. The van der Waals surface area contributed by atoms with Crippen molar-refractivity contribution in [1.82, 2.24) is 5.32 Å². The van der Waals surface area contributed by atoms with Crippen LogP contribution >= 0.6 is 0 Å². The van der Waals surface area contributed by atoms with Crippen molar-refractivity contribution in [3.05, 3.63) is 53.6 Å². The highest BCUT2D eigenvalue weighted by molar-refractivity contribution is 5.78. The van der Waals surface area contributed by atoms with Gasteiger partial charge in [-0.05, 0) is 41.7 Å². The summed E-state index contributed by atoms with van der Waals surface area (Å²) in [5.41, 5.74) is 3.55. The molecule has 0 aliphatic carbocycles. The molecule has 3 rings (SSSR count). The molecule has 0 radical (unpaired) electrons. The van der Waals surface area contributed by atoms with E-state index < -0.39 is 0 Å². The van der Waals surface area contributed by atoms with Crippen LogP contribution in [-0.4, -0.2) is 40.3 Å². The van der Waals surface area contributed by atoms with Crippen LogP contribution in [0.3, 0.4) is 0 Å². The molecule has 0 bridgehead atoms. The van der Waals surface area contributed by atoms with Crippen molar-refractivity contribution in [1.29, 1.82) is 0 Å². The number of para-hydroxylation sites is 1. The van der Waals surface area contributed by atoms with Gasteiger partial charge in [0, 0.05) is 25.8 Å². The Bertz CT molecular complexity index is 776. The van der Waals surface area contributed by atoms with Gasteiger partial charge in [0.05, 0.1) is 20.6 Å². The van der Waals surface area contributed by atoms with Gasteiger partial charge in [-0.1, -0.05) is 24.3 Å². The van der Waals surface area contributed by atoms with Crippen LogP contribution in [0.25, 0.3) is 0 Å². The minimum Gasteiger partial charge on any atom is -0.493 e.